The fourth-order valence-electron chi connectivity index (χ4n) is 3.70. The number of ether oxygens (including phenoxy) is 1. The minimum atomic E-state index is -0.647. The molecule has 21 heavy (non-hydrogen) atoms. The second-order valence-corrected chi connectivity index (χ2v) is 5.70. The van der Waals surface area contributed by atoms with Gasteiger partial charge in [0.15, 0.2) is 0 Å². The fraction of sp³-hybridized carbons (Fsp3) is 0.556. The zero-order valence-corrected chi connectivity index (χ0v) is 12.8. The number of nitriles is 1. The van der Waals surface area contributed by atoms with Crippen molar-refractivity contribution in [1.29, 1.82) is 5.26 Å². The Hall–Kier alpha value is -1.82. The maximum atomic E-state index is 12.1. The number of carbonyl (C=O) groups excluding carboxylic acids is 1. The smallest absolute Gasteiger partial charge is 0.323 e. The first-order valence-corrected chi connectivity index (χ1v) is 7.84. The molecule has 1 aliphatic rings. The SMILES string of the molecule is CCOC(=O)C(C#N)C1CCC(CC)C1c1ccccc1. The molecule has 1 fully saturated rings. The van der Waals surface area contributed by atoms with Gasteiger partial charge in [0.25, 0.3) is 0 Å². The summed E-state index contributed by atoms with van der Waals surface area (Å²) in [6.45, 7) is 4.30. The molecule has 0 radical (unpaired) electrons. The summed E-state index contributed by atoms with van der Waals surface area (Å²) in [4.78, 5) is 12.1. The third-order valence-electron chi connectivity index (χ3n) is 4.66. The van der Waals surface area contributed by atoms with Gasteiger partial charge in [0, 0.05) is 0 Å². The largest absolute Gasteiger partial charge is 0.465 e. The highest BCUT2D eigenvalue weighted by Gasteiger charge is 2.43. The van der Waals surface area contributed by atoms with Gasteiger partial charge in [-0.05, 0) is 43.1 Å². The second-order valence-electron chi connectivity index (χ2n) is 5.70. The Bertz CT molecular complexity index is 506. The Balaban J connectivity index is 2.29. The zero-order chi connectivity index (χ0) is 15.2. The summed E-state index contributed by atoms with van der Waals surface area (Å²) < 4.78 is 5.10. The molecule has 3 nitrogen and oxygen atoms in total. The quantitative estimate of drug-likeness (QED) is 0.771. The van der Waals surface area contributed by atoms with Gasteiger partial charge >= 0.3 is 5.97 Å². The first-order chi connectivity index (χ1) is 10.2. The van der Waals surface area contributed by atoms with Gasteiger partial charge in [-0.3, -0.25) is 4.79 Å². The standard InChI is InChI=1S/C18H23NO2/c1-3-13-10-11-15(16(12-19)18(20)21-4-2)17(13)14-8-6-5-7-9-14/h5-9,13,15-17H,3-4,10-11H2,1-2H3. The van der Waals surface area contributed by atoms with E-state index in [4.69, 9.17) is 4.74 Å². The second kappa shape index (κ2) is 7.26. The van der Waals surface area contributed by atoms with Crippen LogP contribution in [0.4, 0.5) is 0 Å². The molecule has 0 amide bonds. The summed E-state index contributed by atoms with van der Waals surface area (Å²) in [5.74, 6) is -0.108. The molecular formula is C18H23NO2. The Kier molecular flexibility index (Phi) is 5.38. The number of hydrogen-bond acceptors (Lipinski definition) is 3. The van der Waals surface area contributed by atoms with Crippen LogP contribution in [-0.4, -0.2) is 12.6 Å². The first-order valence-electron chi connectivity index (χ1n) is 7.84. The lowest BCUT2D eigenvalue weighted by molar-refractivity contribution is -0.147. The van der Waals surface area contributed by atoms with Crippen molar-refractivity contribution in [2.24, 2.45) is 17.8 Å². The van der Waals surface area contributed by atoms with Gasteiger partial charge in [-0.25, -0.2) is 0 Å². The van der Waals surface area contributed by atoms with Gasteiger partial charge in [-0.15, -0.1) is 0 Å². The van der Waals surface area contributed by atoms with Crippen molar-refractivity contribution in [3.63, 3.8) is 0 Å². The van der Waals surface area contributed by atoms with E-state index < -0.39 is 5.92 Å². The molecule has 2 rings (SSSR count). The van der Waals surface area contributed by atoms with E-state index in [2.05, 4.69) is 25.1 Å². The number of hydrogen-bond donors (Lipinski definition) is 0. The van der Waals surface area contributed by atoms with E-state index >= 15 is 0 Å². The van der Waals surface area contributed by atoms with Crippen molar-refractivity contribution in [2.75, 3.05) is 6.61 Å². The molecule has 3 heteroatoms. The van der Waals surface area contributed by atoms with Crippen LogP contribution in [0.2, 0.25) is 0 Å². The van der Waals surface area contributed by atoms with Crippen LogP contribution in [0.3, 0.4) is 0 Å². The van der Waals surface area contributed by atoms with Crippen LogP contribution in [-0.2, 0) is 9.53 Å². The van der Waals surface area contributed by atoms with Gasteiger partial charge in [-0.1, -0.05) is 43.7 Å². The minimum Gasteiger partial charge on any atom is -0.465 e. The lowest BCUT2D eigenvalue weighted by Gasteiger charge is -2.27. The third-order valence-corrected chi connectivity index (χ3v) is 4.66. The number of benzene rings is 1. The highest BCUT2D eigenvalue weighted by Crippen LogP contribution is 2.49. The summed E-state index contributed by atoms with van der Waals surface area (Å²) >= 11 is 0. The summed E-state index contributed by atoms with van der Waals surface area (Å²) in [6.07, 6.45) is 3.09. The maximum absolute atomic E-state index is 12.1. The molecule has 4 unspecified atom stereocenters. The predicted molar refractivity (Wildman–Crippen MR) is 81.4 cm³/mol. The van der Waals surface area contributed by atoms with E-state index in [1.165, 1.54) is 5.56 Å². The number of carbonyl (C=O) groups is 1. The van der Waals surface area contributed by atoms with Crippen molar-refractivity contribution < 1.29 is 9.53 Å². The van der Waals surface area contributed by atoms with Gasteiger partial charge in [0.1, 0.15) is 5.92 Å². The minimum absolute atomic E-state index is 0.0707. The molecule has 0 spiro atoms. The summed E-state index contributed by atoms with van der Waals surface area (Å²) in [5, 5.41) is 9.46. The average Bonchev–Trinajstić information content (AvgIpc) is 2.93. The highest BCUT2D eigenvalue weighted by atomic mass is 16.5. The average molecular weight is 285 g/mol. The normalized spacial score (nSPS) is 26.0. The molecule has 0 aromatic heterocycles. The van der Waals surface area contributed by atoms with Gasteiger partial charge in [-0.2, -0.15) is 5.26 Å². The van der Waals surface area contributed by atoms with Crippen LogP contribution >= 0.6 is 0 Å². The van der Waals surface area contributed by atoms with E-state index in [-0.39, 0.29) is 17.8 Å². The molecule has 0 N–H and O–H groups in total. The van der Waals surface area contributed by atoms with Crippen molar-refractivity contribution in [1.82, 2.24) is 0 Å². The van der Waals surface area contributed by atoms with E-state index in [1.54, 1.807) is 6.92 Å². The summed E-state index contributed by atoms with van der Waals surface area (Å²) in [6, 6.07) is 12.5. The number of nitrogens with zero attached hydrogens (tertiary/aromatic N) is 1. The molecule has 1 saturated carbocycles. The molecule has 0 bridgehead atoms. The van der Waals surface area contributed by atoms with Crippen LogP contribution in [0.5, 0.6) is 0 Å². The molecule has 4 atom stereocenters. The molecule has 0 aliphatic heterocycles. The van der Waals surface area contributed by atoms with E-state index in [1.807, 2.05) is 18.2 Å². The third kappa shape index (κ3) is 3.26. The molecule has 112 valence electrons. The molecule has 0 heterocycles. The summed E-state index contributed by atoms with van der Waals surface area (Å²) in [7, 11) is 0. The van der Waals surface area contributed by atoms with Gasteiger partial charge in [0.2, 0.25) is 0 Å². The Labute approximate surface area is 126 Å². The van der Waals surface area contributed by atoms with Crippen LogP contribution in [0.25, 0.3) is 0 Å². The Morgan fingerprint density at radius 1 is 1.33 bits per heavy atom. The molecule has 0 saturated heterocycles. The predicted octanol–water partition coefficient (Wildman–Crippen LogP) is 3.91. The lowest BCUT2D eigenvalue weighted by atomic mass is 9.76. The van der Waals surface area contributed by atoms with Crippen LogP contribution < -0.4 is 0 Å². The van der Waals surface area contributed by atoms with Crippen LogP contribution in [0.1, 0.15) is 44.6 Å². The molecular weight excluding hydrogens is 262 g/mol. The van der Waals surface area contributed by atoms with Crippen molar-refractivity contribution >= 4 is 5.97 Å². The fourth-order valence-corrected chi connectivity index (χ4v) is 3.70. The topological polar surface area (TPSA) is 50.1 Å². The Morgan fingerprint density at radius 3 is 2.62 bits per heavy atom. The number of esters is 1. The molecule has 1 aliphatic carbocycles. The highest BCUT2D eigenvalue weighted by molar-refractivity contribution is 5.75. The van der Waals surface area contributed by atoms with Crippen LogP contribution in [0, 0.1) is 29.1 Å². The first kappa shape index (κ1) is 15.6. The zero-order valence-electron chi connectivity index (χ0n) is 12.8. The van der Waals surface area contributed by atoms with Crippen molar-refractivity contribution in [3.05, 3.63) is 35.9 Å². The molecule has 1 aromatic carbocycles. The van der Waals surface area contributed by atoms with Crippen molar-refractivity contribution in [2.45, 2.75) is 39.0 Å². The molecule has 1 aromatic rings. The van der Waals surface area contributed by atoms with E-state index in [9.17, 15) is 10.1 Å². The van der Waals surface area contributed by atoms with Gasteiger partial charge in [0.05, 0.1) is 12.7 Å². The van der Waals surface area contributed by atoms with E-state index in [0.29, 0.717) is 12.5 Å². The van der Waals surface area contributed by atoms with Gasteiger partial charge < -0.3 is 4.74 Å². The lowest BCUT2D eigenvalue weighted by Crippen LogP contribution is -2.28. The Morgan fingerprint density at radius 2 is 2.05 bits per heavy atom. The van der Waals surface area contributed by atoms with E-state index in [0.717, 1.165) is 19.3 Å². The maximum Gasteiger partial charge on any atom is 0.323 e. The number of rotatable bonds is 5. The van der Waals surface area contributed by atoms with Crippen molar-refractivity contribution in [3.8, 4) is 6.07 Å². The monoisotopic (exact) mass is 285 g/mol. The van der Waals surface area contributed by atoms with Crippen LogP contribution in [0.15, 0.2) is 30.3 Å². The summed E-state index contributed by atoms with van der Waals surface area (Å²) in [5.41, 5.74) is 1.25.